The quantitative estimate of drug-likeness (QED) is 0.738. The predicted molar refractivity (Wildman–Crippen MR) is 53.9 cm³/mol. The second-order valence-electron chi connectivity index (χ2n) is 3.57. The molecular weight excluding hydrogens is 176 g/mol. The van der Waals surface area contributed by atoms with Crippen molar-refractivity contribution in [3.63, 3.8) is 0 Å². The van der Waals surface area contributed by atoms with Crippen molar-refractivity contribution in [2.24, 2.45) is 0 Å². The largest absolute Gasteiger partial charge is 0.347 e. The number of rotatable bonds is 3. The maximum atomic E-state index is 4.24. The summed E-state index contributed by atoms with van der Waals surface area (Å²) in [6.07, 6.45) is 5.66. The van der Waals surface area contributed by atoms with Gasteiger partial charge in [0.1, 0.15) is 12.2 Å². The highest BCUT2D eigenvalue weighted by atomic mass is 15.4. The molecule has 0 aromatic carbocycles. The average Bonchev–Trinajstić information content (AvgIpc) is 2.75. The fourth-order valence-electron chi connectivity index (χ4n) is 1.46. The summed E-state index contributed by atoms with van der Waals surface area (Å²) in [5.41, 5.74) is 0. The first-order valence-corrected chi connectivity index (χ1v) is 4.76. The fourth-order valence-corrected chi connectivity index (χ4v) is 1.46. The monoisotopic (exact) mass is 190 g/mol. The SMILES string of the molecule is CC(C)n1ncnc1Cn1cccc1. The van der Waals surface area contributed by atoms with Gasteiger partial charge in [-0.3, -0.25) is 0 Å². The molecule has 0 aliphatic rings. The van der Waals surface area contributed by atoms with Gasteiger partial charge in [-0.1, -0.05) is 0 Å². The van der Waals surface area contributed by atoms with E-state index in [1.807, 2.05) is 29.2 Å². The Labute approximate surface area is 83.2 Å². The van der Waals surface area contributed by atoms with Gasteiger partial charge in [0, 0.05) is 18.4 Å². The molecule has 0 saturated carbocycles. The topological polar surface area (TPSA) is 35.6 Å². The Bertz CT molecular complexity index is 386. The first kappa shape index (κ1) is 8.99. The summed E-state index contributed by atoms with van der Waals surface area (Å²) >= 11 is 0. The molecule has 0 aliphatic carbocycles. The number of hydrogen-bond donors (Lipinski definition) is 0. The minimum atomic E-state index is 0.364. The fraction of sp³-hybridized carbons (Fsp3) is 0.400. The van der Waals surface area contributed by atoms with E-state index in [9.17, 15) is 0 Å². The summed E-state index contributed by atoms with van der Waals surface area (Å²) in [6, 6.07) is 4.38. The van der Waals surface area contributed by atoms with Gasteiger partial charge in [0.15, 0.2) is 0 Å². The maximum absolute atomic E-state index is 4.24. The van der Waals surface area contributed by atoms with Crippen molar-refractivity contribution in [1.82, 2.24) is 19.3 Å². The summed E-state index contributed by atoms with van der Waals surface area (Å²) in [5, 5.41) is 4.19. The molecule has 2 aromatic heterocycles. The molecule has 2 rings (SSSR count). The highest BCUT2D eigenvalue weighted by Gasteiger charge is 2.06. The zero-order chi connectivity index (χ0) is 9.97. The van der Waals surface area contributed by atoms with Crippen LogP contribution in [0.15, 0.2) is 30.9 Å². The molecule has 0 bridgehead atoms. The lowest BCUT2D eigenvalue weighted by atomic mass is 10.4. The molecule has 4 heteroatoms. The van der Waals surface area contributed by atoms with Crippen LogP contribution in [-0.2, 0) is 6.54 Å². The Balaban J connectivity index is 2.21. The van der Waals surface area contributed by atoms with Gasteiger partial charge in [0.2, 0.25) is 0 Å². The van der Waals surface area contributed by atoms with Crippen LogP contribution in [0.25, 0.3) is 0 Å². The molecule has 4 nitrogen and oxygen atoms in total. The molecule has 0 fully saturated rings. The van der Waals surface area contributed by atoms with Gasteiger partial charge in [-0.25, -0.2) is 9.67 Å². The Morgan fingerprint density at radius 1 is 1.29 bits per heavy atom. The van der Waals surface area contributed by atoms with Crippen LogP contribution in [0.2, 0.25) is 0 Å². The van der Waals surface area contributed by atoms with E-state index in [4.69, 9.17) is 0 Å². The minimum Gasteiger partial charge on any atom is -0.347 e. The molecule has 0 radical (unpaired) electrons. The molecule has 2 heterocycles. The van der Waals surface area contributed by atoms with Gasteiger partial charge in [-0.2, -0.15) is 5.10 Å². The highest BCUT2D eigenvalue weighted by molar-refractivity contribution is 4.95. The summed E-state index contributed by atoms with van der Waals surface area (Å²) in [6.45, 7) is 4.99. The lowest BCUT2D eigenvalue weighted by Crippen LogP contribution is -2.11. The Morgan fingerprint density at radius 2 is 2.00 bits per heavy atom. The molecule has 0 amide bonds. The minimum absolute atomic E-state index is 0.364. The van der Waals surface area contributed by atoms with Crippen molar-refractivity contribution in [3.8, 4) is 0 Å². The third kappa shape index (κ3) is 1.69. The van der Waals surface area contributed by atoms with Crippen molar-refractivity contribution in [3.05, 3.63) is 36.7 Å². The Kier molecular flexibility index (Phi) is 2.35. The van der Waals surface area contributed by atoms with E-state index in [0.717, 1.165) is 12.4 Å². The first-order chi connectivity index (χ1) is 6.77. The zero-order valence-corrected chi connectivity index (χ0v) is 8.46. The Hall–Kier alpha value is -1.58. The van der Waals surface area contributed by atoms with Crippen LogP contribution in [0.4, 0.5) is 0 Å². The van der Waals surface area contributed by atoms with E-state index in [0.29, 0.717) is 6.04 Å². The van der Waals surface area contributed by atoms with Gasteiger partial charge >= 0.3 is 0 Å². The van der Waals surface area contributed by atoms with Gasteiger partial charge in [-0.05, 0) is 26.0 Å². The molecule has 14 heavy (non-hydrogen) atoms. The standard InChI is InChI=1S/C10H14N4/c1-9(2)14-10(11-8-12-14)7-13-5-3-4-6-13/h3-6,8-9H,7H2,1-2H3. The first-order valence-electron chi connectivity index (χ1n) is 4.76. The van der Waals surface area contributed by atoms with E-state index in [1.54, 1.807) is 6.33 Å². The van der Waals surface area contributed by atoms with Crippen LogP contribution < -0.4 is 0 Å². The number of nitrogens with zero attached hydrogens (tertiary/aromatic N) is 4. The average molecular weight is 190 g/mol. The molecule has 74 valence electrons. The molecule has 0 spiro atoms. The van der Waals surface area contributed by atoms with Gasteiger partial charge in [-0.15, -0.1) is 0 Å². The van der Waals surface area contributed by atoms with E-state index < -0.39 is 0 Å². The van der Waals surface area contributed by atoms with Crippen LogP contribution in [-0.4, -0.2) is 19.3 Å². The van der Waals surface area contributed by atoms with Crippen LogP contribution >= 0.6 is 0 Å². The summed E-state index contributed by atoms with van der Waals surface area (Å²) in [7, 11) is 0. The molecule has 0 aliphatic heterocycles. The molecule has 0 atom stereocenters. The van der Waals surface area contributed by atoms with Crippen LogP contribution in [0.1, 0.15) is 25.7 Å². The van der Waals surface area contributed by atoms with Gasteiger partial charge in [0.25, 0.3) is 0 Å². The van der Waals surface area contributed by atoms with E-state index in [1.165, 1.54) is 0 Å². The third-order valence-electron chi connectivity index (χ3n) is 2.13. The van der Waals surface area contributed by atoms with Crippen molar-refractivity contribution < 1.29 is 0 Å². The van der Waals surface area contributed by atoms with Crippen molar-refractivity contribution >= 4 is 0 Å². The van der Waals surface area contributed by atoms with Crippen LogP contribution in [0, 0.1) is 0 Å². The van der Waals surface area contributed by atoms with Gasteiger partial charge < -0.3 is 4.57 Å². The second-order valence-corrected chi connectivity index (χ2v) is 3.57. The number of hydrogen-bond acceptors (Lipinski definition) is 2. The third-order valence-corrected chi connectivity index (χ3v) is 2.13. The maximum Gasteiger partial charge on any atom is 0.147 e. The smallest absolute Gasteiger partial charge is 0.147 e. The lowest BCUT2D eigenvalue weighted by Gasteiger charge is -2.09. The zero-order valence-electron chi connectivity index (χ0n) is 8.46. The van der Waals surface area contributed by atoms with E-state index >= 15 is 0 Å². The predicted octanol–water partition coefficient (Wildman–Crippen LogP) is 1.71. The van der Waals surface area contributed by atoms with Crippen molar-refractivity contribution in [1.29, 1.82) is 0 Å². The van der Waals surface area contributed by atoms with Crippen LogP contribution in [0.5, 0.6) is 0 Å². The van der Waals surface area contributed by atoms with Crippen molar-refractivity contribution in [2.75, 3.05) is 0 Å². The number of aromatic nitrogens is 4. The summed E-state index contributed by atoms with van der Waals surface area (Å²) < 4.78 is 4.03. The summed E-state index contributed by atoms with van der Waals surface area (Å²) in [5.74, 6) is 0.996. The Morgan fingerprint density at radius 3 is 2.64 bits per heavy atom. The normalized spacial score (nSPS) is 11.1. The highest BCUT2D eigenvalue weighted by Crippen LogP contribution is 2.06. The van der Waals surface area contributed by atoms with Crippen molar-refractivity contribution in [2.45, 2.75) is 26.4 Å². The summed E-state index contributed by atoms with van der Waals surface area (Å²) in [4.78, 5) is 4.24. The molecular formula is C10H14N4. The molecule has 0 unspecified atom stereocenters. The second kappa shape index (κ2) is 3.65. The van der Waals surface area contributed by atoms with Crippen LogP contribution in [0.3, 0.4) is 0 Å². The van der Waals surface area contributed by atoms with E-state index in [-0.39, 0.29) is 0 Å². The van der Waals surface area contributed by atoms with E-state index in [2.05, 4.69) is 28.5 Å². The molecule has 0 saturated heterocycles. The van der Waals surface area contributed by atoms with Gasteiger partial charge in [0.05, 0.1) is 6.54 Å². The lowest BCUT2D eigenvalue weighted by molar-refractivity contribution is 0.496. The molecule has 0 N–H and O–H groups in total. The molecule has 2 aromatic rings.